The third-order valence-corrected chi connectivity index (χ3v) is 3.92. The molecule has 3 amide bonds. The molecule has 0 aromatic rings. The number of nitrogens with zero attached hydrogens (tertiary/aromatic N) is 1. The van der Waals surface area contributed by atoms with Crippen LogP contribution in [0.15, 0.2) is 5.10 Å². The molecule has 1 atom stereocenters. The van der Waals surface area contributed by atoms with Crippen molar-refractivity contribution in [3.63, 3.8) is 0 Å². The van der Waals surface area contributed by atoms with E-state index in [0.29, 0.717) is 12.5 Å². The smallest absolute Gasteiger partial charge is 0.335 e. The highest BCUT2D eigenvalue weighted by Gasteiger charge is 2.25. The highest BCUT2D eigenvalue weighted by Crippen LogP contribution is 2.28. The number of nitrogens with one attached hydrogen (secondary N) is 3. The maximum Gasteiger partial charge on any atom is 0.335 e. The Kier molecular flexibility index (Phi) is 7.74. The summed E-state index contributed by atoms with van der Waals surface area (Å²) in [6.45, 7) is 2.56. The molecule has 0 saturated heterocycles. The van der Waals surface area contributed by atoms with Crippen molar-refractivity contribution in [2.24, 2.45) is 22.7 Å². The van der Waals surface area contributed by atoms with Gasteiger partial charge in [0.25, 0.3) is 0 Å². The molecule has 0 heterocycles. The monoisotopic (exact) mass is 297 g/mol. The Hall–Kier alpha value is -1.63. The number of amides is 3. The summed E-state index contributed by atoms with van der Waals surface area (Å²) in [5.41, 5.74) is 8.04. The second-order valence-electron chi connectivity index (χ2n) is 5.50. The summed E-state index contributed by atoms with van der Waals surface area (Å²) >= 11 is 0. The molecule has 1 aliphatic rings. The first-order chi connectivity index (χ1) is 10.1. The highest BCUT2D eigenvalue weighted by molar-refractivity contribution is 5.78. The Morgan fingerprint density at radius 3 is 2.57 bits per heavy atom. The van der Waals surface area contributed by atoms with Crippen LogP contribution in [-0.2, 0) is 4.79 Å². The summed E-state index contributed by atoms with van der Waals surface area (Å²) in [7, 11) is 1.67. The van der Waals surface area contributed by atoms with Crippen molar-refractivity contribution >= 4 is 18.2 Å². The van der Waals surface area contributed by atoms with Gasteiger partial charge in [-0.05, 0) is 38.0 Å². The fourth-order valence-corrected chi connectivity index (χ4v) is 2.41. The number of rotatable bonds is 6. The van der Waals surface area contributed by atoms with E-state index in [1.165, 1.54) is 6.21 Å². The van der Waals surface area contributed by atoms with Gasteiger partial charge in [0.15, 0.2) is 0 Å². The molecule has 0 aliphatic heterocycles. The van der Waals surface area contributed by atoms with Gasteiger partial charge in [-0.1, -0.05) is 6.92 Å². The van der Waals surface area contributed by atoms with Crippen molar-refractivity contribution in [1.29, 1.82) is 0 Å². The molecule has 120 valence electrons. The van der Waals surface area contributed by atoms with Gasteiger partial charge in [-0.15, -0.1) is 0 Å². The lowest BCUT2D eigenvalue weighted by Crippen LogP contribution is -2.38. The topological polar surface area (TPSA) is 109 Å². The summed E-state index contributed by atoms with van der Waals surface area (Å²) in [4.78, 5) is 23.1. The predicted octanol–water partition coefficient (Wildman–Crippen LogP) is 0.561. The van der Waals surface area contributed by atoms with Crippen molar-refractivity contribution < 1.29 is 9.59 Å². The first-order valence-corrected chi connectivity index (χ1v) is 7.61. The van der Waals surface area contributed by atoms with Gasteiger partial charge in [0.05, 0.1) is 0 Å². The lowest BCUT2D eigenvalue weighted by molar-refractivity contribution is -0.125. The van der Waals surface area contributed by atoms with E-state index in [-0.39, 0.29) is 23.9 Å². The third-order valence-electron chi connectivity index (χ3n) is 3.92. The summed E-state index contributed by atoms with van der Waals surface area (Å²) in [6, 6.07) is -0.451. The number of hydrogen-bond acceptors (Lipinski definition) is 4. The molecule has 0 aromatic heterocycles. The Morgan fingerprint density at radius 2 is 2.00 bits per heavy atom. The van der Waals surface area contributed by atoms with Crippen molar-refractivity contribution in [2.75, 3.05) is 13.6 Å². The Balaban J connectivity index is 2.17. The van der Waals surface area contributed by atoms with E-state index in [1.807, 2.05) is 6.92 Å². The molecule has 1 aliphatic carbocycles. The molecule has 0 bridgehead atoms. The number of carbonyl (C=O) groups is 2. The fourth-order valence-electron chi connectivity index (χ4n) is 2.41. The second kappa shape index (κ2) is 9.33. The van der Waals surface area contributed by atoms with Crippen molar-refractivity contribution in [3.05, 3.63) is 0 Å². The number of hydrazone groups is 1. The molecule has 0 aromatic carbocycles. The van der Waals surface area contributed by atoms with Crippen LogP contribution >= 0.6 is 0 Å². The second-order valence-corrected chi connectivity index (χ2v) is 5.50. The standard InChI is InChI=1S/C14H27N5O2/c1-3-12(15)9-18-19-14(21)17-8-10-4-6-11(7-5-10)13(20)16-2/h9-12H,3-8,15H2,1-2H3,(H,16,20)(H2,17,19,21)/b18-9+/t10-,11-,12-/m0/s1. The molecule has 1 saturated carbocycles. The molecule has 1 rings (SSSR count). The maximum absolute atomic E-state index is 11.5. The van der Waals surface area contributed by atoms with E-state index in [2.05, 4.69) is 21.2 Å². The van der Waals surface area contributed by atoms with Crippen LogP contribution in [-0.4, -0.2) is 37.8 Å². The van der Waals surface area contributed by atoms with E-state index in [1.54, 1.807) is 7.05 Å². The van der Waals surface area contributed by atoms with Gasteiger partial charge < -0.3 is 16.4 Å². The van der Waals surface area contributed by atoms with Crippen LogP contribution in [0.3, 0.4) is 0 Å². The number of carbonyl (C=O) groups excluding carboxylic acids is 2. The zero-order valence-electron chi connectivity index (χ0n) is 12.9. The number of urea groups is 1. The molecule has 5 N–H and O–H groups in total. The lowest BCUT2D eigenvalue weighted by atomic mass is 9.81. The van der Waals surface area contributed by atoms with Crippen LogP contribution in [0.2, 0.25) is 0 Å². The molecule has 7 heteroatoms. The molecule has 0 spiro atoms. The molecular weight excluding hydrogens is 270 g/mol. The minimum absolute atomic E-state index is 0.125. The maximum atomic E-state index is 11.5. The van der Waals surface area contributed by atoms with E-state index in [0.717, 1.165) is 32.1 Å². The van der Waals surface area contributed by atoms with Gasteiger partial charge >= 0.3 is 6.03 Å². The average Bonchev–Trinajstić information content (AvgIpc) is 2.52. The van der Waals surface area contributed by atoms with Crippen molar-refractivity contribution in [1.82, 2.24) is 16.1 Å². The minimum atomic E-state index is -0.317. The number of hydrogen-bond donors (Lipinski definition) is 4. The number of nitrogens with two attached hydrogens (primary N) is 1. The van der Waals surface area contributed by atoms with Crippen LogP contribution in [0, 0.1) is 11.8 Å². The Morgan fingerprint density at radius 1 is 1.33 bits per heavy atom. The lowest BCUT2D eigenvalue weighted by Gasteiger charge is -2.27. The van der Waals surface area contributed by atoms with E-state index in [9.17, 15) is 9.59 Å². The first kappa shape index (κ1) is 17.4. The van der Waals surface area contributed by atoms with Gasteiger partial charge in [0, 0.05) is 31.8 Å². The normalized spacial score (nSPS) is 23.6. The van der Waals surface area contributed by atoms with Gasteiger partial charge in [-0.25, -0.2) is 10.2 Å². The summed E-state index contributed by atoms with van der Waals surface area (Å²) < 4.78 is 0. The van der Waals surface area contributed by atoms with Gasteiger partial charge in [-0.3, -0.25) is 4.79 Å². The first-order valence-electron chi connectivity index (χ1n) is 7.61. The van der Waals surface area contributed by atoms with Crippen LogP contribution < -0.4 is 21.8 Å². The Bertz CT molecular complexity index is 364. The highest BCUT2D eigenvalue weighted by atomic mass is 16.2. The van der Waals surface area contributed by atoms with Crippen molar-refractivity contribution in [3.8, 4) is 0 Å². The molecular formula is C14H27N5O2. The third kappa shape index (κ3) is 6.57. The van der Waals surface area contributed by atoms with E-state index in [4.69, 9.17) is 5.73 Å². The Labute approximate surface area is 126 Å². The molecule has 1 fully saturated rings. The van der Waals surface area contributed by atoms with Crippen LogP contribution in [0.4, 0.5) is 4.79 Å². The van der Waals surface area contributed by atoms with Crippen molar-refractivity contribution in [2.45, 2.75) is 45.1 Å². The van der Waals surface area contributed by atoms with Crippen LogP contribution in [0.25, 0.3) is 0 Å². The molecule has 21 heavy (non-hydrogen) atoms. The van der Waals surface area contributed by atoms with E-state index >= 15 is 0 Å². The minimum Gasteiger partial charge on any atom is -0.359 e. The zero-order valence-corrected chi connectivity index (χ0v) is 12.9. The average molecular weight is 297 g/mol. The van der Waals surface area contributed by atoms with E-state index < -0.39 is 0 Å². The summed E-state index contributed by atoms with van der Waals surface area (Å²) in [5.74, 6) is 0.680. The van der Waals surface area contributed by atoms with Crippen LogP contribution in [0.1, 0.15) is 39.0 Å². The fraction of sp³-hybridized carbons (Fsp3) is 0.786. The van der Waals surface area contributed by atoms with Gasteiger partial charge in [-0.2, -0.15) is 5.10 Å². The summed E-state index contributed by atoms with van der Waals surface area (Å²) in [5, 5.41) is 9.28. The largest absolute Gasteiger partial charge is 0.359 e. The quantitative estimate of drug-likeness (QED) is 0.425. The molecule has 7 nitrogen and oxygen atoms in total. The van der Waals surface area contributed by atoms with Crippen LogP contribution in [0.5, 0.6) is 0 Å². The molecule has 0 radical (unpaired) electrons. The molecule has 0 unspecified atom stereocenters. The SMILES string of the molecule is CC[C@H](N)/C=N/NC(=O)NC[C@H]1CC[C@H](C(=O)NC)CC1. The summed E-state index contributed by atoms with van der Waals surface area (Å²) in [6.07, 6.45) is 5.99. The predicted molar refractivity (Wildman–Crippen MR) is 82.8 cm³/mol. The van der Waals surface area contributed by atoms with Gasteiger partial charge in [0.2, 0.25) is 5.91 Å². The van der Waals surface area contributed by atoms with Gasteiger partial charge in [0.1, 0.15) is 0 Å². The zero-order chi connectivity index (χ0) is 15.7.